The van der Waals surface area contributed by atoms with Crippen LogP contribution in [-0.2, 0) is 11.3 Å². The Labute approximate surface area is 183 Å². The molecule has 2 aromatic rings. The number of hydrogen-bond donors (Lipinski definition) is 1. The maximum atomic E-state index is 11.0. The number of ether oxygens (including phenoxy) is 3. The third-order valence-electron chi connectivity index (χ3n) is 5.86. The first-order valence-electron chi connectivity index (χ1n) is 10.8. The summed E-state index contributed by atoms with van der Waals surface area (Å²) in [4.78, 5) is 16.0. The summed E-state index contributed by atoms with van der Waals surface area (Å²) in [7, 11) is 0. The van der Waals surface area contributed by atoms with Crippen LogP contribution in [0.4, 0.5) is 0 Å². The lowest BCUT2D eigenvalue weighted by atomic mass is 10.0. The number of benzene rings is 2. The van der Waals surface area contributed by atoms with Crippen molar-refractivity contribution in [3.8, 4) is 28.4 Å². The van der Waals surface area contributed by atoms with E-state index in [2.05, 4.69) is 29.7 Å². The molecule has 0 unspecified atom stereocenters. The van der Waals surface area contributed by atoms with Crippen LogP contribution in [0.25, 0.3) is 11.1 Å². The van der Waals surface area contributed by atoms with E-state index in [9.17, 15) is 4.79 Å². The molecular formula is C24H30N2O5. The number of carboxylic acid groups (broad SMARTS) is 1. The van der Waals surface area contributed by atoms with Gasteiger partial charge in [-0.2, -0.15) is 0 Å². The minimum atomic E-state index is -0.979. The molecule has 2 heterocycles. The number of fused-ring (bicyclic) bond motifs is 1. The summed E-state index contributed by atoms with van der Waals surface area (Å²) in [5.41, 5.74) is 3.06. The van der Waals surface area contributed by atoms with Crippen molar-refractivity contribution in [2.75, 3.05) is 39.6 Å². The van der Waals surface area contributed by atoms with E-state index in [1.165, 1.54) is 0 Å². The summed E-state index contributed by atoms with van der Waals surface area (Å²) < 4.78 is 16.5. The average Bonchev–Trinajstić information content (AvgIpc) is 3.09. The number of aliphatic carboxylic acids is 1. The highest BCUT2D eigenvalue weighted by Gasteiger charge is 2.19. The van der Waals surface area contributed by atoms with Crippen molar-refractivity contribution in [1.82, 2.24) is 9.80 Å². The number of rotatable bonds is 7. The Morgan fingerprint density at radius 3 is 2.61 bits per heavy atom. The zero-order valence-electron chi connectivity index (χ0n) is 18.2. The smallest absolute Gasteiger partial charge is 0.341 e. The van der Waals surface area contributed by atoms with E-state index in [4.69, 9.17) is 19.3 Å². The summed E-state index contributed by atoms with van der Waals surface area (Å²) in [6, 6.07) is 12.4. The molecule has 2 aliphatic heterocycles. The van der Waals surface area contributed by atoms with Crippen LogP contribution in [0.5, 0.6) is 17.2 Å². The van der Waals surface area contributed by atoms with Gasteiger partial charge in [-0.3, -0.25) is 9.80 Å². The highest BCUT2D eigenvalue weighted by atomic mass is 16.7. The summed E-state index contributed by atoms with van der Waals surface area (Å²) in [6.07, 6.45) is 1.12. The Bertz CT molecular complexity index is 930. The van der Waals surface area contributed by atoms with Gasteiger partial charge in [-0.15, -0.1) is 0 Å². The second-order valence-corrected chi connectivity index (χ2v) is 8.33. The fourth-order valence-electron chi connectivity index (χ4n) is 4.15. The zero-order valence-corrected chi connectivity index (χ0v) is 18.2. The predicted octanol–water partition coefficient (Wildman–Crippen LogP) is 3.46. The molecule has 2 aromatic carbocycles. The lowest BCUT2D eigenvalue weighted by molar-refractivity contribution is -0.139. The Hall–Kier alpha value is -2.77. The maximum absolute atomic E-state index is 11.0. The molecule has 1 fully saturated rings. The Balaban J connectivity index is 1.57. The van der Waals surface area contributed by atoms with Crippen molar-refractivity contribution in [2.45, 2.75) is 32.9 Å². The van der Waals surface area contributed by atoms with Gasteiger partial charge in [0, 0.05) is 31.2 Å². The van der Waals surface area contributed by atoms with Crippen LogP contribution < -0.4 is 14.2 Å². The number of hydrogen-bond acceptors (Lipinski definition) is 6. The van der Waals surface area contributed by atoms with Gasteiger partial charge in [0.1, 0.15) is 5.75 Å². The Morgan fingerprint density at radius 1 is 1.03 bits per heavy atom. The normalized spacial score (nSPS) is 17.0. The van der Waals surface area contributed by atoms with Crippen molar-refractivity contribution in [3.05, 3.63) is 42.0 Å². The van der Waals surface area contributed by atoms with Crippen LogP contribution in [0, 0.1) is 0 Å². The fraction of sp³-hybridized carbons (Fsp3) is 0.458. The minimum absolute atomic E-state index is 0.244. The van der Waals surface area contributed by atoms with Gasteiger partial charge in [0.25, 0.3) is 0 Å². The number of carbonyl (C=O) groups is 1. The van der Waals surface area contributed by atoms with E-state index >= 15 is 0 Å². The molecule has 0 amide bonds. The third-order valence-corrected chi connectivity index (χ3v) is 5.86. The average molecular weight is 427 g/mol. The molecule has 2 aliphatic rings. The first kappa shape index (κ1) is 21.5. The molecule has 0 saturated carbocycles. The highest BCUT2D eigenvalue weighted by molar-refractivity contribution is 5.70. The van der Waals surface area contributed by atoms with Crippen molar-refractivity contribution >= 4 is 5.97 Å². The maximum Gasteiger partial charge on any atom is 0.341 e. The highest BCUT2D eigenvalue weighted by Crippen LogP contribution is 2.37. The van der Waals surface area contributed by atoms with Gasteiger partial charge in [0.15, 0.2) is 18.1 Å². The van der Waals surface area contributed by atoms with Crippen molar-refractivity contribution in [2.24, 2.45) is 0 Å². The summed E-state index contributed by atoms with van der Waals surface area (Å²) >= 11 is 0. The monoisotopic (exact) mass is 426 g/mol. The largest absolute Gasteiger partial charge is 0.482 e. The summed E-state index contributed by atoms with van der Waals surface area (Å²) in [6.45, 7) is 9.22. The fourth-order valence-corrected chi connectivity index (χ4v) is 4.15. The predicted molar refractivity (Wildman–Crippen MR) is 118 cm³/mol. The second-order valence-electron chi connectivity index (χ2n) is 8.33. The standard InChI is InChI=1S/C24H30N2O5/c1-17(2)26-9-3-8-25(10-11-26)14-20-12-18(4-6-21(20)29-15-24(27)28)19-5-7-22-23(13-19)31-16-30-22/h4-7,12-13,17H,3,8-11,14-16H2,1-2H3,(H,27,28). The zero-order chi connectivity index (χ0) is 21.8. The second kappa shape index (κ2) is 9.58. The molecule has 4 rings (SSSR count). The molecule has 166 valence electrons. The molecule has 0 radical (unpaired) electrons. The first-order chi connectivity index (χ1) is 15.0. The number of nitrogens with zero attached hydrogens (tertiary/aromatic N) is 2. The van der Waals surface area contributed by atoms with E-state index < -0.39 is 5.97 Å². The third kappa shape index (κ3) is 5.29. The van der Waals surface area contributed by atoms with Crippen molar-refractivity contribution in [3.63, 3.8) is 0 Å². The van der Waals surface area contributed by atoms with Gasteiger partial charge in [0.2, 0.25) is 6.79 Å². The molecule has 0 bridgehead atoms. The van der Waals surface area contributed by atoms with Crippen molar-refractivity contribution < 1.29 is 24.1 Å². The van der Waals surface area contributed by atoms with Gasteiger partial charge >= 0.3 is 5.97 Å². The molecule has 7 nitrogen and oxygen atoms in total. The van der Waals surface area contributed by atoms with Gasteiger partial charge < -0.3 is 19.3 Å². The molecule has 1 saturated heterocycles. The van der Waals surface area contributed by atoms with Gasteiger partial charge in [-0.1, -0.05) is 12.1 Å². The molecule has 0 spiro atoms. The quantitative estimate of drug-likeness (QED) is 0.727. The molecule has 0 aliphatic carbocycles. The molecule has 31 heavy (non-hydrogen) atoms. The van der Waals surface area contributed by atoms with E-state index in [0.29, 0.717) is 11.8 Å². The molecule has 0 aromatic heterocycles. The Morgan fingerprint density at radius 2 is 1.81 bits per heavy atom. The van der Waals surface area contributed by atoms with Crippen LogP contribution >= 0.6 is 0 Å². The molecule has 1 N–H and O–H groups in total. The van der Waals surface area contributed by atoms with Gasteiger partial charge in [-0.25, -0.2) is 4.79 Å². The van der Waals surface area contributed by atoms with Gasteiger partial charge in [-0.05, 0) is 68.8 Å². The molecular weight excluding hydrogens is 396 g/mol. The van der Waals surface area contributed by atoms with Gasteiger partial charge in [0.05, 0.1) is 0 Å². The lowest BCUT2D eigenvalue weighted by Crippen LogP contribution is -2.35. The SMILES string of the molecule is CC(C)N1CCCN(Cc2cc(-c3ccc4c(c3)OCO4)ccc2OCC(=O)O)CC1. The Kier molecular flexibility index (Phi) is 6.63. The van der Waals surface area contributed by atoms with E-state index in [1.807, 2.05) is 30.3 Å². The van der Waals surface area contributed by atoms with Crippen LogP contribution in [0.2, 0.25) is 0 Å². The topological polar surface area (TPSA) is 71.5 Å². The van der Waals surface area contributed by atoms with Crippen LogP contribution in [0.3, 0.4) is 0 Å². The first-order valence-corrected chi connectivity index (χ1v) is 10.8. The summed E-state index contributed by atoms with van der Waals surface area (Å²) in [5, 5.41) is 9.06. The van der Waals surface area contributed by atoms with Crippen LogP contribution in [0.1, 0.15) is 25.8 Å². The van der Waals surface area contributed by atoms with E-state index in [1.54, 1.807) is 0 Å². The van der Waals surface area contributed by atoms with E-state index in [-0.39, 0.29) is 13.4 Å². The molecule has 7 heteroatoms. The van der Waals surface area contributed by atoms with Crippen LogP contribution in [0.15, 0.2) is 36.4 Å². The minimum Gasteiger partial charge on any atom is -0.482 e. The van der Waals surface area contributed by atoms with E-state index in [0.717, 1.165) is 67.3 Å². The summed E-state index contributed by atoms with van der Waals surface area (Å²) in [5.74, 6) is 1.14. The van der Waals surface area contributed by atoms with Crippen LogP contribution in [-0.4, -0.2) is 66.5 Å². The lowest BCUT2D eigenvalue weighted by Gasteiger charge is -2.25. The number of carboxylic acids is 1. The van der Waals surface area contributed by atoms with Crippen molar-refractivity contribution in [1.29, 1.82) is 0 Å². The molecule has 0 atom stereocenters.